The topological polar surface area (TPSA) is 17.8 Å². The largest absolute Gasteiger partial charge is 0.292 e. The molecule has 0 aliphatic rings. The standard InChI is InChI=1S/C61H38N2S/c1-2-21-47(22-3-1)63-57-29-10-9-28-56(57)62-61(63)45-20-14-18-42(35-45)46-37-54(60-53-27-8-11-30-58(53)64-59(60)38-46)44-19-13-17-41(34-44)39-15-12-16-40(33-39)43-31-32-52-50-25-5-4-23-48(50)49-24-6-7-26-51(49)55(52)36-43/h1-38H. The third-order valence-corrected chi connectivity index (χ3v) is 14.1. The summed E-state index contributed by atoms with van der Waals surface area (Å²) < 4.78 is 4.85. The number of thiophene rings is 1. The normalized spacial score (nSPS) is 11.8. The highest BCUT2D eigenvalue weighted by molar-refractivity contribution is 7.26. The van der Waals surface area contributed by atoms with E-state index in [9.17, 15) is 0 Å². The zero-order valence-corrected chi connectivity index (χ0v) is 35.6. The third kappa shape index (κ3) is 5.97. The smallest absolute Gasteiger partial charge is 0.145 e. The van der Waals surface area contributed by atoms with Gasteiger partial charge in [0, 0.05) is 31.4 Å². The minimum atomic E-state index is 0.929. The van der Waals surface area contributed by atoms with E-state index in [-0.39, 0.29) is 0 Å². The van der Waals surface area contributed by atoms with E-state index in [1.54, 1.807) is 0 Å². The average Bonchev–Trinajstić information content (AvgIpc) is 3.96. The van der Waals surface area contributed by atoms with Crippen LogP contribution in [0, 0.1) is 0 Å². The van der Waals surface area contributed by atoms with Crippen LogP contribution in [0.4, 0.5) is 0 Å². The molecule has 298 valence electrons. The highest BCUT2D eigenvalue weighted by Gasteiger charge is 2.18. The van der Waals surface area contributed by atoms with Crippen LogP contribution in [-0.4, -0.2) is 9.55 Å². The van der Waals surface area contributed by atoms with Crippen molar-refractivity contribution < 1.29 is 0 Å². The minimum absolute atomic E-state index is 0.929. The van der Waals surface area contributed by atoms with Gasteiger partial charge in [0.1, 0.15) is 5.82 Å². The monoisotopic (exact) mass is 830 g/mol. The predicted molar refractivity (Wildman–Crippen MR) is 274 cm³/mol. The molecule has 0 aliphatic heterocycles. The Labute approximate surface area is 374 Å². The van der Waals surface area contributed by atoms with E-state index in [1.165, 1.54) is 91.4 Å². The lowest BCUT2D eigenvalue weighted by Crippen LogP contribution is -1.97. The van der Waals surface area contributed by atoms with Gasteiger partial charge in [-0.2, -0.15) is 0 Å². The summed E-state index contributed by atoms with van der Waals surface area (Å²) in [5, 5.41) is 10.3. The summed E-state index contributed by atoms with van der Waals surface area (Å²) in [6.07, 6.45) is 0. The average molecular weight is 831 g/mol. The molecular formula is C61H38N2S. The molecule has 0 amide bonds. The van der Waals surface area contributed by atoms with Gasteiger partial charge in [-0.1, -0.05) is 164 Å². The van der Waals surface area contributed by atoms with Crippen molar-refractivity contribution in [2.75, 3.05) is 0 Å². The van der Waals surface area contributed by atoms with Crippen LogP contribution in [-0.2, 0) is 0 Å². The molecule has 13 rings (SSSR count). The minimum Gasteiger partial charge on any atom is -0.292 e. The van der Waals surface area contributed by atoms with Crippen molar-refractivity contribution in [2.24, 2.45) is 0 Å². The van der Waals surface area contributed by atoms with Gasteiger partial charge in [-0.25, -0.2) is 4.98 Å². The summed E-state index contributed by atoms with van der Waals surface area (Å²) in [5.41, 5.74) is 13.8. The number of imidazole rings is 1. The summed E-state index contributed by atoms with van der Waals surface area (Å²) in [7, 11) is 0. The highest BCUT2D eigenvalue weighted by Crippen LogP contribution is 2.45. The van der Waals surface area contributed by atoms with Crippen molar-refractivity contribution in [3.05, 3.63) is 231 Å². The van der Waals surface area contributed by atoms with Gasteiger partial charge < -0.3 is 0 Å². The van der Waals surface area contributed by atoms with Crippen LogP contribution in [0.3, 0.4) is 0 Å². The number of nitrogens with zero attached hydrogens (tertiary/aromatic N) is 2. The Hall–Kier alpha value is -8.11. The number of fused-ring (bicyclic) bond motifs is 10. The molecule has 0 saturated carbocycles. The van der Waals surface area contributed by atoms with Gasteiger partial charge >= 0.3 is 0 Å². The number of hydrogen-bond donors (Lipinski definition) is 0. The predicted octanol–water partition coefficient (Wildman–Crippen LogP) is 17.2. The lowest BCUT2D eigenvalue weighted by Gasteiger charge is -2.14. The maximum Gasteiger partial charge on any atom is 0.145 e. The van der Waals surface area contributed by atoms with Crippen molar-refractivity contribution in [3.8, 4) is 61.6 Å². The first kappa shape index (κ1) is 36.5. The quantitative estimate of drug-likeness (QED) is 0.153. The molecule has 0 N–H and O–H groups in total. The van der Waals surface area contributed by atoms with Crippen LogP contribution >= 0.6 is 11.3 Å². The zero-order valence-electron chi connectivity index (χ0n) is 34.7. The summed E-state index contributed by atoms with van der Waals surface area (Å²) in [4.78, 5) is 5.20. The molecule has 0 saturated heterocycles. The highest BCUT2D eigenvalue weighted by atomic mass is 32.1. The zero-order chi connectivity index (χ0) is 42.1. The third-order valence-electron chi connectivity index (χ3n) is 13.0. The van der Waals surface area contributed by atoms with Crippen molar-refractivity contribution in [1.29, 1.82) is 0 Å². The first-order chi connectivity index (χ1) is 31.7. The fourth-order valence-corrected chi connectivity index (χ4v) is 11.1. The van der Waals surface area contributed by atoms with E-state index < -0.39 is 0 Å². The molecule has 0 bridgehead atoms. The Morgan fingerprint density at radius 2 is 0.828 bits per heavy atom. The first-order valence-corrected chi connectivity index (χ1v) is 22.7. The van der Waals surface area contributed by atoms with Gasteiger partial charge in [-0.05, 0) is 144 Å². The number of aromatic nitrogens is 2. The molecule has 0 unspecified atom stereocenters. The fourth-order valence-electron chi connectivity index (χ4n) is 9.98. The lowest BCUT2D eigenvalue weighted by atomic mass is 9.90. The number of benzene rings is 11. The molecule has 11 aromatic carbocycles. The Bertz CT molecular complexity index is 3930. The summed E-state index contributed by atoms with van der Waals surface area (Å²) >= 11 is 1.87. The van der Waals surface area contributed by atoms with Crippen molar-refractivity contribution in [1.82, 2.24) is 9.55 Å². The van der Waals surface area contributed by atoms with Gasteiger partial charge in [0.2, 0.25) is 0 Å². The van der Waals surface area contributed by atoms with E-state index in [1.807, 2.05) is 11.3 Å². The van der Waals surface area contributed by atoms with Crippen molar-refractivity contribution >= 4 is 74.9 Å². The van der Waals surface area contributed by atoms with E-state index in [2.05, 4.69) is 235 Å². The van der Waals surface area contributed by atoms with Gasteiger partial charge in [0.05, 0.1) is 11.0 Å². The van der Waals surface area contributed by atoms with Gasteiger partial charge in [0.25, 0.3) is 0 Å². The Morgan fingerprint density at radius 3 is 1.55 bits per heavy atom. The molecule has 0 atom stereocenters. The molecule has 0 spiro atoms. The van der Waals surface area contributed by atoms with Crippen LogP contribution in [0.15, 0.2) is 231 Å². The maximum atomic E-state index is 5.20. The molecule has 0 radical (unpaired) electrons. The van der Waals surface area contributed by atoms with Crippen molar-refractivity contribution in [2.45, 2.75) is 0 Å². The van der Waals surface area contributed by atoms with Gasteiger partial charge in [-0.15, -0.1) is 11.3 Å². The van der Waals surface area contributed by atoms with Crippen LogP contribution in [0.1, 0.15) is 0 Å². The number of hydrogen-bond acceptors (Lipinski definition) is 2. The summed E-state index contributed by atoms with van der Waals surface area (Å²) in [5.74, 6) is 0.929. The second-order valence-corrected chi connectivity index (χ2v) is 17.8. The Kier molecular flexibility index (Phi) is 8.43. The second kappa shape index (κ2) is 14.8. The van der Waals surface area contributed by atoms with E-state index in [0.717, 1.165) is 33.7 Å². The van der Waals surface area contributed by atoms with E-state index >= 15 is 0 Å². The van der Waals surface area contributed by atoms with Crippen LogP contribution in [0.5, 0.6) is 0 Å². The van der Waals surface area contributed by atoms with Crippen molar-refractivity contribution in [3.63, 3.8) is 0 Å². The second-order valence-electron chi connectivity index (χ2n) is 16.7. The maximum absolute atomic E-state index is 5.20. The number of rotatable bonds is 6. The molecule has 3 heteroatoms. The Balaban J connectivity index is 0.932. The molecule has 64 heavy (non-hydrogen) atoms. The van der Waals surface area contributed by atoms with Crippen LogP contribution in [0.25, 0.3) is 125 Å². The SMILES string of the molecule is c1ccc(-n2c(-c3cccc(-c4cc(-c5cccc(-c6cccc(-c7ccc8c9ccccc9c9ccccc9c8c7)c6)c5)c5c(c4)sc4ccccc45)c3)nc3ccccc32)cc1. The first-order valence-electron chi connectivity index (χ1n) is 21.9. The van der Waals surface area contributed by atoms with E-state index in [4.69, 9.17) is 4.98 Å². The molecule has 13 aromatic rings. The van der Waals surface area contributed by atoms with Gasteiger partial charge in [-0.3, -0.25) is 4.57 Å². The molecule has 0 fully saturated rings. The summed E-state index contributed by atoms with van der Waals surface area (Å²) in [6, 6.07) is 84.2. The number of para-hydroxylation sites is 3. The molecule has 2 heterocycles. The fraction of sp³-hybridized carbons (Fsp3) is 0. The molecule has 0 aliphatic carbocycles. The lowest BCUT2D eigenvalue weighted by molar-refractivity contribution is 1.10. The molecule has 2 aromatic heterocycles. The molecule has 2 nitrogen and oxygen atoms in total. The van der Waals surface area contributed by atoms with E-state index in [0.29, 0.717) is 0 Å². The molecular weight excluding hydrogens is 793 g/mol. The van der Waals surface area contributed by atoms with Crippen LogP contribution in [0.2, 0.25) is 0 Å². The van der Waals surface area contributed by atoms with Crippen LogP contribution < -0.4 is 0 Å². The Morgan fingerprint density at radius 1 is 0.312 bits per heavy atom. The van der Waals surface area contributed by atoms with Gasteiger partial charge in [0.15, 0.2) is 0 Å². The summed E-state index contributed by atoms with van der Waals surface area (Å²) in [6.45, 7) is 0.